The number of amides is 1. The maximum atomic E-state index is 11.2. The molecule has 0 aromatic carbocycles. The zero-order chi connectivity index (χ0) is 9.68. The lowest BCUT2D eigenvalue weighted by atomic mass is 10.0. The van der Waals surface area contributed by atoms with Crippen molar-refractivity contribution in [3.8, 4) is 12.3 Å². The highest BCUT2D eigenvalue weighted by Gasteiger charge is 2.25. The maximum Gasteiger partial charge on any atom is 0.329 e. The number of piperidine rings is 1. The largest absolute Gasteiger partial charge is 0.451 e. The Bertz CT molecular complexity index is 254. The van der Waals surface area contributed by atoms with Crippen LogP contribution in [0.2, 0.25) is 0 Å². The molecule has 1 rings (SSSR count). The van der Waals surface area contributed by atoms with E-state index in [-0.39, 0.29) is 12.5 Å². The Morgan fingerprint density at radius 3 is 3.15 bits per heavy atom. The summed E-state index contributed by atoms with van der Waals surface area (Å²) in [5.74, 6) is 1.65. The Labute approximate surface area is 76.6 Å². The maximum absolute atomic E-state index is 11.2. The molecule has 0 aromatic heterocycles. The Balaban J connectivity index is 2.38. The normalized spacial score (nSPS) is 21.5. The number of ether oxygens (including phenoxy) is 1. The molecule has 4 heteroatoms. The fraction of sp³-hybridized carbons (Fsp3) is 0.556. The number of rotatable bonds is 2. The number of carbonyl (C=O) groups is 2. The molecule has 1 N–H and O–H groups in total. The van der Waals surface area contributed by atoms with E-state index >= 15 is 0 Å². The van der Waals surface area contributed by atoms with Crippen LogP contribution < -0.4 is 5.32 Å². The molecule has 0 bridgehead atoms. The summed E-state index contributed by atoms with van der Waals surface area (Å²) in [4.78, 5) is 22.1. The second-order valence-corrected chi connectivity index (χ2v) is 2.82. The van der Waals surface area contributed by atoms with Gasteiger partial charge in [0.15, 0.2) is 6.61 Å². The third-order valence-corrected chi connectivity index (χ3v) is 1.81. The van der Waals surface area contributed by atoms with E-state index in [2.05, 4.69) is 16.0 Å². The molecule has 0 aromatic rings. The summed E-state index contributed by atoms with van der Waals surface area (Å²) >= 11 is 0. The molecule has 1 atom stereocenters. The van der Waals surface area contributed by atoms with E-state index in [0.717, 1.165) is 6.42 Å². The van der Waals surface area contributed by atoms with Crippen LogP contribution in [-0.2, 0) is 14.3 Å². The Kier molecular flexibility index (Phi) is 3.32. The number of esters is 1. The first-order valence-corrected chi connectivity index (χ1v) is 4.13. The van der Waals surface area contributed by atoms with Crippen molar-refractivity contribution in [3.05, 3.63) is 0 Å². The molecule has 4 nitrogen and oxygen atoms in total. The highest BCUT2D eigenvalue weighted by molar-refractivity contribution is 5.85. The van der Waals surface area contributed by atoms with E-state index in [4.69, 9.17) is 6.42 Å². The average Bonchev–Trinajstić information content (AvgIpc) is 2.14. The monoisotopic (exact) mass is 181 g/mol. The van der Waals surface area contributed by atoms with Crippen molar-refractivity contribution in [1.82, 2.24) is 5.32 Å². The van der Waals surface area contributed by atoms with Crippen molar-refractivity contribution in [2.75, 3.05) is 6.61 Å². The number of terminal acetylenes is 1. The number of carbonyl (C=O) groups excluding carboxylic acids is 2. The van der Waals surface area contributed by atoms with E-state index < -0.39 is 12.0 Å². The van der Waals surface area contributed by atoms with E-state index in [0.29, 0.717) is 12.8 Å². The van der Waals surface area contributed by atoms with Crippen LogP contribution in [0.3, 0.4) is 0 Å². The predicted molar refractivity (Wildman–Crippen MR) is 45.6 cm³/mol. The zero-order valence-electron chi connectivity index (χ0n) is 7.21. The number of nitrogens with one attached hydrogen (secondary N) is 1. The van der Waals surface area contributed by atoms with Gasteiger partial charge in [-0.2, -0.15) is 0 Å². The lowest BCUT2D eigenvalue weighted by molar-refractivity contribution is -0.147. The third kappa shape index (κ3) is 2.79. The molecule has 0 saturated carbocycles. The Hall–Kier alpha value is -1.50. The molecular weight excluding hydrogens is 170 g/mol. The molecule has 70 valence electrons. The molecule has 0 aliphatic carbocycles. The highest BCUT2D eigenvalue weighted by Crippen LogP contribution is 2.09. The summed E-state index contributed by atoms with van der Waals surface area (Å²) in [7, 11) is 0. The van der Waals surface area contributed by atoms with Crippen LogP contribution in [0.5, 0.6) is 0 Å². The van der Waals surface area contributed by atoms with Crippen molar-refractivity contribution < 1.29 is 14.3 Å². The Morgan fingerprint density at radius 1 is 1.77 bits per heavy atom. The van der Waals surface area contributed by atoms with Gasteiger partial charge in [-0.15, -0.1) is 6.42 Å². The molecule has 0 spiro atoms. The average molecular weight is 181 g/mol. The van der Waals surface area contributed by atoms with E-state index in [9.17, 15) is 9.59 Å². The van der Waals surface area contributed by atoms with Crippen LogP contribution in [0.1, 0.15) is 19.3 Å². The molecular formula is C9H11NO3. The minimum atomic E-state index is -0.505. The first-order valence-electron chi connectivity index (χ1n) is 4.13. The molecule has 1 saturated heterocycles. The lowest BCUT2D eigenvalue weighted by Gasteiger charge is -2.20. The minimum absolute atomic E-state index is 0.0365. The van der Waals surface area contributed by atoms with Crippen LogP contribution in [0.15, 0.2) is 0 Å². The van der Waals surface area contributed by atoms with Crippen molar-refractivity contribution in [2.24, 2.45) is 0 Å². The van der Waals surface area contributed by atoms with E-state index in [1.165, 1.54) is 0 Å². The quantitative estimate of drug-likeness (QED) is 0.475. The number of hydrogen-bond acceptors (Lipinski definition) is 3. The second-order valence-electron chi connectivity index (χ2n) is 2.82. The summed E-state index contributed by atoms with van der Waals surface area (Å²) in [5.41, 5.74) is 0. The second kappa shape index (κ2) is 4.51. The fourth-order valence-corrected chi connectivity index (χ4v) is 1.20. The lowest BCUT2D eigenvalue weighted by Crippen LogP contribution is -2.44. The van der Waals surface area contributed by atoms with Gasteiger partial charge in [0.05, 0.1) is 0 Å². The number of hydrogen-bond donors (Lipinski definition) is 1. The summed E-state index contributed by atoms with van der Waals surface area (Å²) in [6.45, 7) is -0.0365. The molecule has 1 heterocycles. The van der Waals surface area contributed by atoms with Crippen molar-refractivity contribution >= 4 is 11.9 Å². The highest BCUT2D eigenvalue weighted by atomic mass is 16.5. The van der Waals surface area contributed by atoms with E-state index in [1.54, 1.807) is 0 Å². The molecule has 13 heavy (non-hydrogen) atoms. The topological polar surface area (TPSA) is 55.4 Å². The van der Waals surface area contributed by atoms with Gasteiger partial charge in [0.25, 0.3) is 0 Å². The summed E-state index contributed by atoms with van der Waals surface area (Å²) < 4.78 is 4.69. The minimum Gasteiger partial charge on any atom is -0.451 e. The first-order chi connectivity index (χ1) is 6.24. The van der Waals surface area contributed by atoms with Gasteiger partial charge >= 0.3 is 5.97 Å². The summed E-state index contributed by atoms with van der Waals surface area (Å²) in [5, 5.41) is 2.54. The molecule has 0 unspecified atom stereocenters. The van der Waals surface area contributed by atoms with Gasteiger partial charge in [0.1, 0.15) is 6.04 Å². The molecule has 1 fully saturated rings. The van der Waals surface area contributed by atoms with Crippen molar-refractivity contribution in [1.29, 1.82) is 0 Å². The van der Waals surface area contributed by atoms with Gasteiger partial charge in [-0.25, -0.2) is 4.79 Å². The van der Waals surface area contributed by atoms with Crippen LogP contribution in [0.4, 0.5) is 0 Å². The summed E-state index contributed by atoms with van der Waals surface area (Å²) in [6.07, 6.45) is 6.76. The van der Waals surface area contributed by atoms with Gasteiger partial charge in [-0.1, -0.05) is 5.92 Å². The molecule has 1 aliphatic heterocycles. The summed E-state index contributed by atoms with van der Waals surface area (Å²) in [6, 6.07) is -0.505. The van der Waals surface area contributed by atoms with Crippen LogP contribution >= 0.6 is 0 Å². The third-order valence-electron chi connectivity index (χ3n) is 1.81. The Morgan fingerprint density at radius 2 is 2.54 bits per heavy atom. The first kappa shape index (κ1) is 9.59. The standard InChI is InChI=1S/C9H11NO3/c1-2-6-13-9(12)7-4-3-5-8(11)10-7/h1,7H,3-6H2,(H,10,11)/t7-/m1/s1. The van der Waals surface area contributed by atoms with E-state index in [1.807, 2.05) is 0 Å². The van der Waals surface area contributed by atoms with Gasteiger partial charge in [-0.3, -0.25) is 4.79 Å². The van der Waals surface area contributed by atoms with Crippen molar-refractivity contribution in [3.63, 3.8) is 0 Å². The zero-order valence-corrected chi connectivity index (χ0v) is 7.21. The van der Waals surface area contributed by atoms with Crippen LogP contribution in [-0.4, -0.2) is 24.5 Å². The molecule has 1 amide bonds. The predicted octanol–water partition coefficient (Wildman–Crippen LogP) is -0.169. The fourth-order valence-electron chi connectivity index (χ4n) is 1.20. The van der Waals surface area contributed by atoms with Crippen molar-refractivity contribution in [2.45, 2.75) is 25.3 Å². The van der Waals surface area contributed by atoms with Gasteiger partial charge in [0, 0.05) is 6.42 Å². The SMILES string of the molecule is C#CCOC(=O)[C@H]1CCCC(=O)N1. The molecule has 0 radical (unpaired) electrons. The van der Waals surface area contributed by atoms with Gasteiger partial charge in [-0.05, 0) is 12.8 Å². The van der Waals surface area contributed by atoms with Crippen LogP contribution in [0, 0.1) is 12.3 Å². The molecule has 1 aliphatic rings. The smallest absolute Gasteiger partial charge is 0.329 e. The van der Waals surface area contributed by atoms with Crippen LogP contribution in [0.25, 0.3) is 0 Å². The van der Waals surface area contributed by atoms with Gasteiger partial charge in [0.2, 0.25) is 5.91 Å². The van der Waals surface area contributed by atoms with Gasteiger partial charge < -0.3 is 10.1 Å².